The second-order valence-electron chi connectivity index (χ2n) is 10.8. The molecule has 202 valence electrons. The van der Waals surface area contributed by atoms with Crippen LogP contribution in [0.3, 0.4) is 0 Å². The normalized spacial score (nSPS) is 21.7. The molecule has 2 aromatic heterocycles. The molecule has 1 saturated heterocycles. The van der Waals surface area contributed by atoms with Crippen molar-refractivity contribution in [3.63, 3.8) is 0 Å². The number of aryl methyl sites for hydroxylation is 1. The summed E-state index contributed by atoms with van der Waals surface area (Å²) >= 11 is 0. The summed E-state index contributed by atoms with van der Waals surface area (Å²) < 4.78 is 16.9. The van der Waals surface area contributed by atoms with Gasteiger partial charge in [-0.25, -0.2) is 19.2 Å². The summed E-state index contributed by atoms with van der Waals surface area (Å²) in [4.78, 5) is 36.0. The third-order valence-electron chi connectivity index (χ3n) is 7.68. The van der Waals surface area contributed by atoms with Crippen molar-refractivity contribution in [2.45, 2.75) is 71.1 Å². The number of β-amino-alcohol motifs (C(OH)–C–C–N with tert-alkyl or cyclic N) is 1. The number of hydrogen-bond donors (Lipinski definition) is 3. The molecule has 0 spiro atoms. The Morgan fingerprint density at radius 2 is 1.97 bits per heavy atom. The summed E-state index contributed by atoms with van der Waals surface area (Å²) in [5, 5.41) is 15.7. The van der Waals surface area contributed by atoms with Gasteiger partial charge in [0.15, 0.2) is 5.82 Å². The molecule has 3 aromatic rings. The third-order valence-corrected chi connectivity index (χ3v) is 7.68. The Hall–Kier alpha value is -3.53. The van der Waals surface area contributed by atoms with Crippen LogP contribution >= 0.6 is 0 Å². The Balaban J connectivity index is 1.29. The van der Waals surface area contributed by atoms with Gasteiger partial charge in [0.05, 0.1) is 17.9 Å². The van der Waals surface area contributed by atoms with E-state index < -0.39 is 11.9 Å². The number of anilines is 1. The summed E-state index contributed by atoms with van der Waals surface area (Å²) in [7, 11) is 0. The number of aliphatic hydroxyl groups excluding tert-OH is 1. The number of fused-ring (bicyclic) bond motifs is 1. The quantitative estimate of drug-likeness (QED) is 0.460. The number of amides is 3. The lowest BCUT2D eigenvalue weighted by Crippen LogP contribution is -2.46. The lowest BCUT2D eigenvalue weighted by atomic mass is 9.85. The lowest BCUT2D eigenvalue weighted by molar-refractivity contribution is -0.121. The molecule has 10 heteroatoms. The molecule has 2 aliphatic rings. The number of urea groups is 1. The monoisotopic (exact) mass is 522 g/mol. The Morgan fingerprint density at radius 3 is 2.71 bits per heavy atom. The van der Waals surface area contributed by atoms with Gasteiger partial charge in [-0.3, -0.25) is 4.79 Å². The van der Waals surface area contributed by atoms with Gasteiger partial charge in [0, 0.05) is 37.3 Å². The molecule has 1 aromatic carbocycles. The summed E-state index contributed by atoms with van der Waals surface area (Å²) in [6, 6.07) is 5.04. The van der Waals surface area contributed by atoms with E-state index in [0.29, 0.717) is 42.8 Å². The standard InChI is InChI=1S/C28H35FN6O3/c1-16(2)35-15-31-26-23(29)10-19(11-24(26)35)22-12-25(30-13-17(22)3)33-27(37)18-5-4-6-20(9-18)32-28(38)34-8-7-21(36)14-34/h10-13,15-16,18,20-21,36H,4-9,14H2,1-3H3,(H,32,38)(H,30,33,37)/t18-,20+,21-/m0/s1. The molecule has 0 bridgehead atoms. The van der Waals surface area contributed by atoms with Gasteiger partial charge in [-0.1, -0.05) is 6.42 Å². The average Bonchev–Trinajstić information content (AvgIpc) is 3.52. The molecule has 3 N–H and O–H groups in total. The first-order chi connectivity index (χ1) is 18.2. The van der Waals surface area contributed by atoms with E-state index in [9.17, 15) is 19.1 Å². The number of halogens is 1. The van der Waals surface area contributed by atoms with Crippen LogP contribution in [0.15, 0.2) is 30.7 Å². The largest absolute Gasteiger partial charge is 0.391 e. The number of imidazole rings is 1. The number of nitrogens with one attached hydrogen (secondary N) is 2. The number of likely N-dealkylation sites (tertiary alicyclic amines) is 1. The van der Waals surface area contributed by atoms with Crippen molar-refractivity contribution in [2.75, 3.05) is 18.4 Å². The fourth-order valence-corrected chi connectivity index (χ4v) is 5.54. The van der Waals surface area contributed by atoms with Crippen molar-refractivity contribution >= 4 is 28.8 Å². The van der Waals surface area contributed by atoms with Gasteiger partial charge in [0.2, 0.25) is 5.91 Å². The molecule has 3 atom stereocenters. The van der Waals surface area contributed by atoms with Crippen molar-refractivity contribution in [3.05, 3.63) is 42.1 Å². The maximum absolute atomic E-state index is 14.9. The molecule has 1 aliphatic heterocycles. The minimum Gasteiger partial charge on any atom is -0.391 e. The van der Waals surface area contributed by atoms with E-state index in [-0.39, 0.29) is 29.9 Å². The van der Waals surface area contributed by atoms with Gasteiger partial charge in [-0.05, 0) is 81.3 Å². The molecular formula is C28H35FN6O3. The van der Waals surface area contributed by atoms with Crippen LogP contribution in [0, 0.1) is 18.7 Å². The molecule has 3 heterocycles. The van der Waals surface area contributed by atoms with E-state index in [2.05, 4.69) is 20.6 Å². The summed E-state index contributed by atoms with van der Waals surface area (Å²) in [6.07, 6.45) is 6.40. The van der Waals surface area contributed by atoms with Crippen LogP contribution in [0.4, 0.5) is 15.0 Å². The zero-order chi connectivity index (χ0) is 27.0. The fraction of sp³-hybridized carbons (Fsp3) is 0.500. The number of nitrogens with zero attached hydrogens (tertiary/aromatic N) is 4. The molecule has 3 amide bonds. The second-order valence-corrected chi connectivity index (χ2v) is 10.8. The Kier molecular flexibility index (Phi) is 7.34. The predicted octanol–water partition coefficient (Wildman–Crippen LogP) is 4.40. The highest BCUT2D eigenvalue weighted by Gasteiger charge is 2.31. The molecule has 1 saturated carbocycles. The van der Waals surface area contributed by atoms with E-state index in [4.69, 9.17) is 0 Å². The number of hydrogen-bond acceptors (Lipinski definition) is 5. The Labute approximate surface area is 221 Å². The lowest BCUT2D eigenvalue weighted by Gasteiger charge is -2.30. The average molecular weight is 523 g/mol. The zero-order valence-electron chi connectivity index (χ0n) is 22.1. The molecule has 0 unspecified atom stereocenters. The summed E-state index contributed by atoms with van der Waals surface area (Å²) in [6.45, 7) is 6.84. The van der Waals surface area contributed by atoms with Crippen LogP contribution in [0.1, 0.15) is 57.6 Å². The van der Waals surface area contributed by atoms with E-state index >= 15 is 0 Å². The SMILES string of the molecule is Cc1cnc(NC(=O)[C@H]2CCC[C@@H](NC(=O)N3CC[C@H](O)C3)C2)cc1-c1cc(F)c2ncn(C(C)C)c2c1. The molecule has 1 aliphatic carbocycles. The van der Waals surface area contributed by atoms with Crippen LogP contribution in [0.2, 0.25) is 0 Å². The first-order valence-electron chi connectivity index (χ1n) is 13.4. The number of benzene rings is 1. The van der Waals surface area contributed by atoms with E-state index in [0.717, 1.165) is 35.9 Å². The highest BCUT2D eigenvalue weighted by atomic mass is 19.1. The summed E-state index contributed by atoms with van der Waals surface area (Å²) in [5.41, 5.74) is 3.40. The maximum atomic E-state index is 14.9. The number of carbonyl (C=O) groups is 2. The topological polar surface area (TPSA) is 112 Å². The van der Waals surface area contributed by atoms with Crippen molar-refractivity contribution < 1.29 is 19.1 Å². The van der Waals surface area contributed by atoms with Crippen LogP contribution in [-0.4, -0.2) is 61.7 Å². The van der Waals surface area contributed by atoms with Gasteiger partial charge < -0.3 is 25.2 Å². The Morgan fingerprint density at radius 1 is 1.16 bits per heavy atom. The minimum absolute atomic E-state index is 0.0909. The van der Waals surface area contributed by atoms with E-state index in [1.165, 1.54) is 6.07 Å². The molecule has 0 radical (unpaired) electrons. The minimum atomic E-state index is -0.465. The van der Waals surface area contributed by atoms with Gasteiger partial charge >= 0.3 is 6.03 Å². The molecule has 9 nitrogen and oxygen atoms in total. The fourth-order valence-electron chi connectivity index (χ4n) is 5.54. The van der Waals surface area contributed by atoms with Crippen molar-refractivity contribution in [2.24, 2.45) is 5.92 Å². The first kappa shape index (κ1) is 26.1. The van der Waals surface area contributed by atoms with Gasteiger partial charge in [-0.2, -0.15) is 0 Å². The second kappa shape index (κ2) is 10.7. The number of pyridine rings is 1. The number of aliphatic hydroxyl groups is 1. The first-order valence-corrected chi connectivity index (χ1v) is 13.4. The summed E-state index contributed by atoms with van der Waals surface area (Å²) in [5.74, 6) is -0.371. The predicted molar refractivity (Wildman–Crippen MR) is 143 cm³/mol. The van der Waals surface area contributed by atoms with E-state index in [1.807, 2.05) is 31.4 Å². The van der Waals surface area contributed by atoms with Crippen molar-refractivity contribution in [3.8, 4) is 11.1 Å². The van der Waals surface area contributed by atoms with Crippen LogP contribution in [0.5, 0.6) is 0 Å². The number of carbonyl (C=O) groups excluding carboxylic acids is 2. The Bertz CT molecular complexity index is 1360. The highest BCUT2D eigenvalue weighted by Crippen LogP contribution is 2.32. The molecule has 5 rings (SSSR count). The van der Waals surface area contributed by atoms with Crippen molar-refractivity contribution in [1.29, 1.82) is 0 Å². The smallest absolute Gasteiger partial charge is 0.317 e. The van der Waals surface area contributed by atoms with Gasteiger partial charge in [0.25, 0.3) is 0 Å². The maximum Gasteiger partial charge on any atom is 0.317 e. The van der Waals surface area contributed by atoms with Gasteiger partial charge in [-0.15, -0.1) is 0 Å². The number of rotatable bonds is 5. The van der Waals surface area contributed by atoms with Gasteiger partial charge in [0.1, 0.15) is 11.3 Å². The highest BCUT2D eigenvalue weighted by molar-refractivity contribution is 5.93. The van der Waals surface area contributed by atoms with E-state index in [1.54, 1.807) is 23.5 Å². The van der Waals surface area contributed by atoms with Crippen LogP contribution < -0.4 is 10.6 Å². The van der Waals surface area contributed by atoms with Crippen LogP contribution in [-0.2, 0) is 4.79 Å². The molecular weight excluding hydrogens is 487 g/mol. The third kappa shape index (κ3) is 5.36. The molecule has 38 heavy (non-hydrogen) atoms. The number of aromatic nitrogens is 3. The molecule has 2 fully saturated rings. The van der Waals surface area contributed by atoms with Crippen LogP contribution in [0.25, 0.3) is 22.2 Å². The zero-order valence-corrected chi connectivity index (χ0v) is 22.1. The van der Waals surface area contributed by atoms with Crippen molar-refractivity contribution in [1.82, 2.24) is 24.8 Å².